The third-order valence-corrected chi connectivity index (χ3v) is 3.97. The zero-order valence-corrected chi connectivity index (χ0v) is 14.9. The minimum absolute atomic E-state index is 0.118. The molecule has 24 heavy (non-hydrogen) atoms. The highest BCUT2D eigenvalue weighted by molar-refractivity contribution is 6.04. The van der Waals surface area contributed by atoms with Gasteiger partial charge >= 0.3 is 0 Å². The molecular formula is C20H27N3O. The lowest BCUT2D eigenvalue weighted by Crippen LogP contribution is -2.26. The summed E-state index contributed by atoms with van der Waals surface area (Å²) in [5.74, 6) is 0.816. The molecule has 1 amide bonds. The molecule has 0 radical (unpaired) electrons. The molecule has 0 bridgehead atoms. The van der Waals surface area contributed by atoms with Gasteiger partial charge in [0.05, 0.1) is 5.56 Å². The fourth-order valence-electron chi connectivity index (χ4n) is 2.73. The van der Waals surface area contributed by atoms with Gasteiger partial charge in [-0.1, -0.05) is 39.0 Å². The molecule has 0 aliphatic rings. The van der Waals surface area contributed by atoms with Crippen LogP contribution in [0.1, 0.15) is 49.5 Å². The van der Waals surface area contributed by atoms with Crippen LogP contribution in [-0.4, -0.2) is 24.0 Å². The van der Waals surface area contributed by atoms with E-state index in [0.717, 1.165) is 49.4 Å². The summed E-state index contributed by atoms with van der Waals surface area (Å²) in [7, 11) is 0. The normalized spacial score (nSPS) is 10.5. The number of nitrogens with one attached hydrogen (secondary N) is 1. The molecule has 0 atom stereocenters. The Labute approximate surface area is 144 Å². The number of hydrogen-bond acceptors (Lipinski definition) is 3. The highest BCUT2D eigenvalue weighted by Gasteiger charge is 2.11. The lowest BCUT2D eigenvalue weighted by atomic mass is 10.1. The van der Waals surface area contributed by atoms with Crippen LogP contribution in [0.2, 0.25) is 0 Å². The van der Waals surface area contributed by atoms with E-state index in [9.17, 15) is 4.79 Å². The Balaban J connectivity index is 2.10. The average Bonchev–Trinajstić information content (AvgIpc) is 2.62. The van der Waals surface area contributed by atoms with Crippen molar-refractivity contribution in [2.45, 2.75) is 40.0 Å². The molecule has 0 aliphatic heterocycles. The largest absolute Gasteiger partial charge is 0.357 e. The molecule has 4 nitrogen and oxygen atoms in total. The van der Waals surface area contributed by atoms with Gasteiger partial charge in [0.1, 0.15) is 5.82 Å². The van der Waals surface area contributed by atoms with Crippen molar-refractivity contribution in [1.29, 1.82) is 0 Å². The third kappa shape index (κ3) is 4.57. The fraction of sp³-hybridized carbons (Fsp3) is 0.400. The van der Waals surface area contributed by atoms with E-state index in [-0.39, 0.29) is 5.91 Å². The number of benzene rings is 1. The number of para-hydroxylation sites is 1. The Bertz CT molecular complexity index is 646. The van der Waals surface area contributed by atoms with Crippen LogP contribution < -0.4 is 10.2 Å². The molecule has 1 N–H and O–H groups in total. The zero-order chi connectivity index (χ0) is 17.4. The first-order valence-electron chi connectivity index (χ1n) is 8.79. The fourth-order valence-corrected chi connectivity index (χ4v) is 2.73. The lowest BCUT2D eigenvalue weighted by molar-refractivity contribution is 0.102. The summed E-state index contributed by atoms with van der Waals surface area (Å²) in [6, 6.07) is 11.7. The summed E-state index contributed by atoms with van der Waals surface area (Å²) in [4.78, 5) is 19.2. The Morgan fingerprint density at radius 3 is 2.33 bits per heavy atom. The van der Waals surface area contributed by atoms with Gasteiger partial charge in [-0.15, -0.1) is 0 Å². The maximum atomic E-state index is 12.5. The number of anilines is 2. The number of aryl methyl sites for hydroxylation is 1. The van der Waals surface area contributed by atoms with Crippen molar-refractivity contribution in [1.82, 2.24) is 4.98 Å². The second-order valence-corrected chi connectivity index (χ2v) is 5.86. The summed E-state index contributed by atoms with van der Waals surface area (Å²) < 4.78 is 0. The van der Waals surface area contributed by atoms with Crippen molar-refractivity contribution in [3.63, 3.8) is 0 Å². The predicted octanol–water partition coefficient (Wildman–Crippen LogP) is 4.52. The first kappa shape index (κ1) is 18.0. The Morgan fingerprint density at radius 1 is 1.04 bits per heavy atom. The number of rotatable bonds is 8. The molecule has 1 aromatic heterocycles. The second-order valence-electron chi connectivity index (χ2n) is 5.86. The Hall–Kier alpha value is -2.36. The van der Waals surface area contributed by atoms with Crippen molar-refractivity contribution in [2.75, 3.05) is 23.3 Å². The molecule has 128 valence electrons. The van der Waals surface area contributed by atoms with E-state index in [1.165, 1.54) is 0 Å². The molecule has 0 saturated carbocycles. The zero-order valence-electron chi connectivity index (χ0n) is 14.9. The average molecular weight is 325 g/mol. The molecule has 0 fully saturated rings. The molecule has 2 rings (SSSR count). The van der Waals surface area contributed by atoms with E-state index < -0.39 is 0 Å². The maximum Gasteiger partial charge on any atom is 0.257 e. The molecular weight excluding hydrogens is 298 g/mol. The van der Waals surface area contributed by atoms with E-state index in [2.05, 4.69) is 36.0 Å². The number of nitrogens with zero attached hydrogens (tertiary/aromatic N) is 2. The molecule has 1 aromatic carbocycles. The second kappa shape index (κ2) is 9.06. The predicted molar refractivity (Wildman–Crippen MR) is 101 cm³/mol. The van der Waals surface area contributed by atoms with Crippen LogP contribution in [0.5, 0.6) is 0 Å². The number of carbonyl (C=O) groups excluding carboxylic acids is 1. The first-order valence-corrected chi connectivity index (χ1v) is 8.79. The van der Waals surface area contributed by atoms with Crippen molar-refractivity contribution in [3.8, 4) is 0 Å². The van der Waals surface area contributed by atoms with Gasteiger partial charge in [0.2, 0.25) is 0 Å². The molecule has 0 spiro atoms. The summed E-state index contributed by atoms with van der Waals surface area (Å²) in [5.41, 5.74) is 2.58. The molecule has 4 heteroatoms. The smallest absolute Gasteiger partial charge is 0.257 e. The number of hydrogen-bond donors (Lipinski definition) is 1. The van der Waals surface area contributed by atoms with Gasteiger partial charge in [-0.3, -0.25) is 4.79 Å². The van der Waals surface area contributed by atoms with Crippen molar-refractivity contribution in [3.05, 3.63) is 53.7 Å². The minimum Gasteiger partial charge on any atom is -0.357 e. The van der Waals surface area contributed by atoms with Crippen molar-refractivity contribution >= 4 is 17.4 Å². The van der Waals surface area contributed by atoms with E-state index >= 15 is 0 Å². The van der Waals surface area contributed by atoms with Crippen molar-refractivity contribution < 1.29 is 4.79 Å². The summed E-state index contributed by atoms with van der Waals surface area (Å²) in [5, 5.41) is 2.98. The van der Waals surface area contributed by atoms with E-state index in [0.29, 0.717) is 5.56 Å². The summed E-state index contributed by atoms with van der Waals surface area (Å²) in [6.07, 6.45) is 4.71. The van der Waals surface area contributed by atoms with E-state index in [1.54, 1.807) is 6.20 Å². The third-order valence-electron chi connectivity index (χ3n) is 3.97. The molecule has 1 heterocycles. The molecule has 0 saturated heterocycles. The molecule has 0 aliphatic carbocycles. The van der Waals surface area contributed by atoms with Gasteiger partial charge in [0, 0.05) is 25.0 Å². The lowest BCUT2D eigenvalue weighted by Gasteiger charge is -2.22. The number of amides is 1. The SMILES string of the molecule is CCCN(CCC)c1ccc(C(=O)Nc2ccccc2CC)cn1. The number of pyridine rings is 1. The van der Waals surface area contributed by atoms with Crippen molar-refractivity contribution in [2.24, 2.45) is 0 Å². The first-order chi connectivity index (χ1) is 11.7. The number of aromatic nitrogens is 1. The minimum atomic E-state index is -0.118. The van der Waals surface area contributed by atoms with Gasteiger partial charge in [-0.05, 0) is 43.0 Å². The van der Waals surface area contributed by atoms with Crippen LogP contribution in [0.4, 0.5) is 11.5 Å². The monoisotopic (exact) mass is 325 g/mol. The Morgan fingerprint density at radius 2 is 1.75 bits per heavy atom. The van der Waals surface area contributed by atoms with Crippen LogP contribution in [0.3, 0.4) is 0 Å². The summed E-state index contributed by atoms with van der Waals surface area (Å²) >= 11 is 0. The topological polar surface area (TPSA) is 45.2 Å². The van der Waals surface area contributed by atoms with Crippen LogP contribution in [-0.2, 0) is 6.42 Å². The van der Waals surface area contributed by atoms with Crippen LogP contribution in [0, 0.1) is 0 Å². The van der Waals surface area contributed by atoms with Gasteiger partial charge in [-0.25, -0.2) is 4.98 Å². The van der Waals surface area contributed by atoms with E-state index in [1.807, 2.05) is 36.4 Å². The van der Waals surface area contributed by atoms with E-state index in [4.69, 9.17) is 0 Å². The molecule has 2 aromatic rings. The highest BCUT2D eigenvalue weighted by atomic mass is 16.1. The highest BCUT2D eigenvalue weighted by Crippen LogP contribution is 2.17. The molecule has 0 unspecified atom stereocenters. The quantitative estimate of drug-likeness (QED) is 0.776. The van der Waals surface area contributed by atoms with Gasteiger partial charge in [-0.2, -0.15) is 0 Å². The van der Waals surface area contributed by atoms with Gasteiger partial charge < -0.3 is 10.2 Å². The van der Waals surface area contributed by atoms with Gasteiger partial charge in [0.25, 0.3) is 5.91 Å². The van der Waals surface area contributed by atoms with Crippen LogP contribution in [0.25, 0.3) is 0 Å². The summed E-state index contributed by atoms with van der Waals surface area (Å²) in [6.45, 7) is 8.37. The maximum absolute atomic E-state index is 12.5. The van der Waals surface area contributed by atoms with Gasteiger partial charge in [0.15, 0.2) is 0 Å². The van der Waals surface area contributed by atoms with Crippen LogP contribution >= 0.6 is 0 Å². The number of carbonyl (C=O) groups is 1. The Kier molecular flexibility index (Phi) is 6.79. The van der Waals surface area contributed by atoms with Crippen LogP contribution in [0.15, 0.2) is 42.6 Å². The standard InChI is InChI=1S/C20H27N3O/c1-4-13-23(14-5-2)19-12-11-17(15-21-19)20(24)22-18-10-8-7-9-16(18)6-3/h7-12,15H,4-6,13-14H2,1-3H3,(H,22,24).